The average Bonchev–Trinajstić information content (AvgIpc) is 2.69. The molecular weight excluding hydrogens is 365 g/mol. The molecule has 7 heteroatoms. The summed E-state index contributed by atoms with van der Waals surface area (Å²) in [5.41, 5.74) is 1.60. The third-order valence-electron chi connectivity index (χ3n) is 4.81. The van der Waals surface area contributed by atoms with Crippen molar-refractivity contribution < 1.29 is 13.9 Å². The van der Waals surface area contributed by atoms with Crippen molar-refractivity contribution in [3.05, 3.63) is 54.0 Å². The molecule has 2 heterocycles. The van der Waals surface area contributed by atoms with Crippen LogP contribution in [0.4, 0.5) is 10.1 Å². The lowest BCUT2D eigenvalue weighted by Gasteiger charge is -2.40. The van der Waals surface area contributed by atoms with E-state index in [4.69, 9.17) is 21.7 Å². The standard InChI is InChI=1S/C20H24FN3O2S/c1-20(26-14-15-3-5-16(21)6-4-15)9-11-24(12-10-20)19(27)23-17-7-8-18(25-2)22-13-17/h3-8,13H,9-12,14H2,1-2H3,(H,23,27). The molecule has 1 saturated heterocycles. The Morgan fingerprint density at radius 3 is 2.52 bits per heavy atom. The molecule has 1 fully saturated rings. The van der Waals surface area contributed by atoms with Crippen LogP contribution in [0.5, 0.6) is 5.88 Å². The van der Waals surface area contributed by atoms with Gasteiger partial charge in [-0.15, -0.1) is 0 Å². The molecular formula is C20H24FN3O2S. The molecule has 1 aromatic heterocycles. The van der Waals surface area contributed by atoms with Crippen molar-refractivity contribution in [3.63, 3.8) is 0 Å². The van der Waals surface area contributed by atoms with Gasteiger partial charge in [-0.1, -0.05) is 12.1 Å². The van der Waals surface area contributed by atoms with E-state index in [1.165, 1.54) is 12.1 Å². The van der Waals surface area contributed by atoms with E-state index in [1.807, 2.05) is 6.07 Å². The first-order valence-corrected chi connectivity index (χ1v) is 9.33. The quantitative estimate of drug-likeness (QED) is 0.780. The second-order valence-corrected chi connectivity index (χ2v) is 7.26. The van der Waals surface area contributed by atoms with E-state index < -0.39 is 0 Å². The Hall–Kier alpha value is -2.25. The fourth-order valence-electron chi connectivity index (χ4n) is 2.94. The summed E-state index contributed by atoms with van der Waals surface area (Å²) >= 11 is 5.53. The molecule has 27 heavy (non-hydrogen) atoms. The Bertz CT molecular complexity index is 760. The first kappa shape index (κ1) is 19.5. The van der Waals surface area contributed by atoms with Gasteiger partial charge in [0, 0.05) is 19.2 Å². The molecule has 0 unspecified atom stereocenters. The van der Waals surface area contributed by atoms with Crippen molar-refractivity contribution in [1.29, 1.82) is 0 Å². The van der Waals surface area contributed by atoms with Crippen molar-refractivity contribution in [3.8, 4) is 5.88 Å². The number of nitrogens with one attached hydrogen (secondary N) is 1. The molecule has 2 aromatic rings. The van der Waals surface area contributed by atoms with E-state index in [0.29, 0.717) is 17.6 Å². The third kappa shape index (κ3) is 5.37. The molecule has 1 aromatic carbocycles. The first-order chi connectivity index (χ1) is 13.0. The number of likely N-dealkylation sites (tertiary alicyclic amines) is 1. The fraction of sp³-hybridized carbons (Fsp3) is 0.400. The summed E-state index contributed by atoms with van der Waals surface area (Å²) in [7, 11) is 1.59. The Morgan fingerprint density at radius 1 is 1.22 bits per heavy atom. The van der Waals surface area contributed by atoms with E-state index >= 15 is 0 Å². The number of piperidine rings is 1. The molecule has 0 radical (unpaired) electrons. The SMILES string of the molecule is COc1ccc(NC(=S)N2CCC(C)(OCc3ccc(F)cc3)CC2)cn1. The van der Waals surface area contributed by atoms with Crippen LogP contribution >= 0.6 is 12.2 Å². The molecule has 0 saturated carbocycles. The summed E-state index contributed by atoms with van der Waals surface area (Å²) in [5.74, 6) is 0.338. The van der Waals surface area contributed by atoms with Crippen molar-refractivity contribution in [2.45, 2.75) is 32.0 Å². The average molecular weight is 389 g/mol. The van der Waals surface area contributed by atoms with E-state index in [0.717, 1.165) is 37.2 Å². The number of aromatic nitrogens is 1. The molecule has 0 bridgehead atoms. The zero-order valence-electron chi connectivity index (χ0n) is 15.6. The van der Waals surface area contributed by atoms with Crippen LogP contribution < -0.4 is 10.1 Å². The van der Waals surface area contributed by atoms with Crippen LogP contribution in [-0.4, -0.2) is 40.8 Å². The van der Waals surface area contributed by atoms with Crippen LogP contribution in [0.1, 0.15) is 25.3 Å². The summed E-state index contributed by atoms with van der Waals surface area (Å²) in [4.78, 5) is 6.31. The lowest BCUT2D eigenvalue weighted by atomic mass is 9.93. The molecule has 0 atom stereocenters. The molecule has 1 aliphatic heterocycles. The number of hydrogen-bond acceptors (Lipinski definition) is 4. The van der Waals surface area contributed by atoms with E-state index in [9.17, 15) is 4.39 Å². The van der Waals surface area contributed by atoms with E-state index in [2.05, 4.69) is 22.1 Å². The van der Waals surface area contributed by atoms with Gasteiger partial charge in [0.1, 0.15) is 5.82 Å². The highest BCUT2D eigenvalue weighted by Crippen LogP contribution is 2.27. The largest absolute Gasteiger partial charge is 0.481 e. The van der Waals surface area contributed by atoms with Crippen molar-refractivity contribution in [2.75, 3.05) is 25.5 Å². The normalized spacial score (nSPS) is 16.0. The summed E-state index contributed by atoms with van der Waals surface area (Å²) in [6, 6.07) is 10.1. The smallest absolute Gasteiger partial charge is 0.213 e. The highest BCUT2D eigenvalue weighted by molar-refractivity contribution is 7.80. The van der Waals surface area contributed by atoms with Gasteiger partial charge in [-0.2, -0.15) is 0 Å². The Balaban J connectivity index is 1.48. The van der Waals surface area contributed by atoms with Gasteiger partial charge in [-0.05, 0) is 55.7 Å². The third-order valence-corrected chi connectivity index (χ3v) is 5.17. The van der Waals surface area contributed by atoms with Gasteiger partial charge < -0.3 is 19.7 Å². The predicted molar refractivity (Wildman–Crippen MR) is 107 cm³/mol. The lowest BCUT2D eigenvalue weighted by molar-refractivity contribution is -0.0725. The molecule has 0 amide bonds. The summed E-state index contributed by atoms with van der Waals surface area (Å²) < 4.78 is 24.2. The van der Waals surface area contributed by atoms with Gasteiger partial charge in [0.25, 0.3) is 0 Å². The number of hydrogen-bond donors (Lipinski definition) is 1. The molecule has 3 rings (SSSR count). The van der Waals surface area contributed by atoms with Crippen LogP contribution in [0, 0.1) is 5.82 Å². The Morgan fingerprint density at radius 2 is 1.93 bits per heavy atom. The molecule has 144 valence electrons. The number of thiocarbonyl (C=S) groups is 1. The van der Waals surface area contributed by atoms with Gasteiger partial charge in [0.2, 0.25) is 5.88 Å². The number of nitrogens with zero attached hydrogens (tertiary/aromatic N) is 2. The number of rotatable bonds is 5. The maximum absolute atomic E-state index is 13.0. The minimum Gasteiger partial charge on any atom is -0.481 e. The number of halogens is 1. The Kier molecular flexibility index (Phi) is 6.23. The van der Waals surface area contributed by atoms with Crippen LogP contribution in [0.2, 0.25) is 0 Å². The van der Waals surface area contributed by atoms with E-state index in [1.54, 1.807) is 31.5 Å². The molecule has 0 aliphatic carbocycles. The zero-order chi connectivity index (χ0) is 19.3. The van der Waals surface area contributed by atoms with Gasteiger partial charge >= 0.3 is 0 Å². The van der Waals surface area contributed by atoms with Gasteiger partial charge in [0.05, 0.1) is 31.2 Å². The fourth-order valence-corrected chi connectivity index (χ4v) is 3.24. The predicted octanol–water partition coefficient (Wildman–Crippen LogP) is 4.00. The second kappa shape index (κ2) is 8.63. The maximum atomic E-state index is 13.0. The topological polar surface area (TPSA) is 46.6 Å². The lowest BCUT2D eigenvalue weighted by Crippen LogP contribution is -2.47. The van der Waals surface area contributed by atoms with Crippen molar-refractivity contribution in [2.24, 2.45) is 0 Å². The first-order valence-electron chi connectivity index (χ1n) is 8.92. The van der Waals surface area contributed by atoms with Crippen LogP contribution in [0.15, 0.2) is 42.6 Å². The highest BCUT2D eigenvalue weighted by Gasteiger charge is 2.31. The van der Waals surface area contributed by atoms with Crippen molar-refractivity contribution >= 4 is 23.0 Å². The number of pyridine rings is 1. The molecule has 0 spiro atoms. The maximum Gasteiger partial charge on any atom is 0.213 e. The van der Waals surface area contributed by atoms with E-state index in [-0.39, 0.29) is 11.4 Å². The highest BCUT2D eigenvalue weighted by atomic mass is 32.1. The van der Waals surface area contributed by atoms with Gasteiger partial charge in [0.15, 0.2) is 5.11 Å². The second-order valence-electron chi connectivity index (χ2n) is 6.87. The number of benzene rings is 1. The minimum absolute atomic E-state index is 0.206. The van der Waals surface area contributed by atoms with Crippen LogP contribution in [0.3, 0.4) is 0 Å². The molecule has 5 nitrogen and oxygen atoms in total. The summed E-state index contributed by atoms with van der Waals surface area (Å²) in [6.45, 7) is 4.24. The van der Waals surface area contributed by atoms with Gasteiger partial charge in [-0.25, -0.2) is 9.37 Å². The molecule has 1 aliphatic rings. The number of ether oxygens (including phenoxy) is 2. The summed E-state index contributed by atoms with van der Waals surface area (Å²) in [6.07, 6.45) is 3.44. The van der Waals surface area contributed by atoms with Gasteiger partial charge in [-0.3, -0.25) is 0 Å². The summed E-state index contributed by atoms with van der Waals surface area (Å²) in [5, 5.41) is 3.90. The van der Waals surface area contributed by atoms with Crippen LogP contribution in [-0.2, 0) is 11.3 Å². The minimum atomic E-state index is -0.230. The number of anilines is 1. The monoisotopic (exact) mass is 389 g/mol. The Labute approximate surface area is 164 Å². The van der Waals surface area contributed by atoms with Crippen LogP contribution in [0.25, 0.3) is 0 Å². The van der Waals surface area contributed by atoms with Crippen molar-refractivity contribution in [1.82, 2.24) is 9.88 Å². The molecule has 1 N–H and O–H groups in total. The zero-order valence-corrected chi connectivity index (χ0v) is 16.4. The number of methoxy groups -OCH3 is 1.